The maximum atomic E-state index is 12.1. The summed E-state index contributed by atoms with van der Waals surface area (Å²) in [5.74, 6) is 0. The van der Waals surface area contributed by atoms with E-state index in [0.717, 1.165) is 18.5 Å². The monoisotopic (exact) mass is 261 g/mol. The van der Waals surface area contributed by atoms with Crippen molar-refractivity contribution in [3.63, 3.8) is 0 Å². The molecule has 1 saturated heterocycles. The number of hydrogen-bond acceptors (Lipinski definition) is 2. The third-order valence-corrected chi connectivity index (χ3v) is 3.57. The number of rotatable bonds is 2. The van der Waals surface area contributed by atoms with Crippen LogP contribution in [0.3, 0.4) is 0 Å². The average molecular weight is 261 g/mol. The first-order valence-electron chi connectivity index (χ1n) is 5.64. The lowest BCUT2D eigenvalue weighted by Gasteiger charge is -2.23. The number of benzene rings is 1. The predicted octanol–water partition coefficient (Wildman–Crippen LogP) is 4.11. The van der Waals surface area contributed by atoms with E-state index in [0.29, 0.717) is 6.04 Å². The standard InChI is InChI=1S/C12H14F3NS/c13-12(14,15)17-10-6-4-9(5-7-10)11-3-1-2-8-16-11/h4-7,11,16H,1-3,8H2/t11-/m1/s1. The molecule has 1 aromatic rings. The Hall–Kier alpha value is -0.680. The fourth-order valence-electron chi connectivity index (χ4n) is 2.04. The van der Waals surface area contributed by atoms with E-state index < -0.39 is 5.51 Å². The van der Waals surface area contributed by atoms with E-state index in [1.54, 1.807) is 24.3 Å². The Morgan fingerprint density at radius 3 is 2.35 bits per heavy atom. The van der Waals surface area contributed by atoms with Crippen LogP contribution in [0.15, 0.2) is 29.2 Å². The zero-order valence-electron chi connectivity index (χ0n) is 9.26. The summed E-state index contributed by atoms with van der Waals surface area (Å²) >= 11 is -0.0643. The van der Waals surface area contributed by atoms with Crippen LogP contribution in [-0.2, 0) is 0 Å². The van der Waals surface area contributed by atoms with Gasteiger partial charge >= 0.3 is 5.51 Å². The smallest absolute Gasteiger partial charge is 0.310 e. The molecule has 0 saturated carbocycles. The molecule has 0 amide bonds. The maximum Gasteiger partial charge on any atom is 0.446 e. The second kappa shape index (κ2) is 5.31. The van der Waals surface area contributed by atoms with Gasteiger partial charge in [-0.05, 0) is 48.8 Å². The van der Waals surface area contributed by atoms with Crippen LogP contribution in [0.25, 0.3) is 0 Å². The van der Waals surface area contributed by atoms with Crippen LogP contribution >= 0.6 is 11.8 Å². The van der Waals surface area contributed by atoms with Gasteiger partial charge in [-0.1, -0.05) is 18.6 Å². The SMILES string of the molecule is FC(F)(F)Sc1ccc([C@H]2CCCCN2)cc1. The Bertz CT molecular complexity index is 355. The molecule has 0 aromatic heterocycles. The van der Waals surface area contributed by atoms with Crippen LogP contribution in [0.2, 0.25) is 0 Å². The van der Waals surface area contributed by atoms with Crippen molar-refractivity contribution in [1.29, 1.82) is 0 Å². The molecular formula is C12H14F3NS. The first kappa shape index (κ1) is 12.8. The van der Waals surface area contributed by atoms with Crippen molar-refractivity contribution >= 4 is 11.8 Å². The number of halogens is 3. The number of hydrogen-bond donors (Lipinski definition) is 1. The van der Waals surface area contributed by atoms with Crippen LogP contribution in [-0.4, -0.2) is 12.1 Å². The highest BCUT2D eigenvalue weighted by Gasteiger charge is 2.29. The topological polar surface area (TPSA) is 12.0 Å². The van der Waals surface area contributed by atoms with E-state index in [2.05, 4.69) is 5.32 Å². The molecule has 2 rings (SSSR count). The lowest BCUT2D eigenvalue weighted by atomic mass is 9.98. The molecule has 1 fully saturated rings. The molecule has 1 atom stereocenters. The average Bonchev–Trinajstić information content (AvgIpc) is 2.29. The molecule has 1 aliphatic rings. The Morgan fingerprint density at radius 2 is 1.82 bits per heavy atom. The highest BCUT2D eigenvalue weighted by Crippen LogP contribution is 2.37. The van der Waals surface area contributed by atoms with Crippen molar-refractivity contribution in [2.24, 2.45) is 0 Å². The third kappa shape index (κ3) is 3.92. The maximum absolute atomic E-state index is 12.1. The summed E-state index contributed by atoms with van der Waals surface area (Å²) in [5, 5.41) is 3.37. The molecule has 1 N–H and O–H groups in total. The molecule has 0 bridgehead atoms. The van der Waals surface area contributed by atoms with E-state index in [1.807, 2.05) is 0 Å². The van der Waals surface area contributed by atoms with Gasteiger partial charge in [-0.3, -0.25) is 0 Å². The highest BCUT2D eigenvalue weighted by molar-refractivity contribution is 8.00. The van der Waals surface area contributed by atoms with Gasteiger partial charge in [0, 0.05) is 10.9 Å². The molecule has 0 aliphatic carbocycles. The first-order valence-corrected chi connectivity index (χ1v) is 6.45. The summed E-state index contributed by atoms with van der Waals surface area (Å²) < 4.78 is 36.4. The van der Waals surface area contributed by atoms with Gasteiger partial charge in [-0.25, -0.2) is 0 Å². The van der Waals surface area contributed by atoms with E-state index in [-0.39, 0.29) is 16.7 Å². The van der Waals surface area contributed by atoms with Gasteiger partial charge in [-0.2, -0.15) is 13.2 Å². The lowest BCUT2D eigenvalue weighted by Crippen LogP contribution is -2.26. The Kier molecular flexibility index (Phi) is 3.99. The lowest BCUT2D eigenvalue weighted by molar-refractivity contribution is -0.0328. The van der Waals surface area contributed by atoms with Crippen molar-refractivity contribution in [2.75, 3.05) is 6.54 Å². The fraction of sp³-hybridized carbons (Fsp3) is 0.500. The molecule has 1 heterocycles. The van der Waals surface area contributed by atoms with Crippen molar-refractivity contribution in [3.05, 3.63) is 29.8 Å². The van der Waals surface area contributed by atoms with E-state index in [9.17, 15) is 13.2 Å². The summed E-state index contributed by atoms with van der Waals surface area (Å²) in [7, 11) is 0. The molecular weight excluding hydrogens is 247 g/mol. The normalized spacial score (nSPS) is 21.5. The minimum Gasteiger partial charge on any atom is -0.310 e. The highest BCUT2D eigenvalue weighted by atomic mass is 32.2. The second-order valence-electron chi connectivity index (χ2n) is 4.12. The predicted molar refractivity (Wildman–Crippen MR) is 62.9 cm³/mol. The minimum absolute atomic E-state index is 0.0643. The molecule has 5 heteroatoms. The number of thioether (sulfide) groups is 1. The summed E-state index contributed by atoms with van der Waals surface area (Å²) in [6.45, 7) is 0.990. The van der Waals surface area contributed by atoms with Crippen molar-refractivity contribution in [1.82, 2.24) is 5.32 Å². The van der Waals surface area contributed by atoms with E-state index in [4.69, 9.17) is 0 Å². The van der Waals surface area contributed by atoms with Gasteiger partial charge < -0.3 is 5.32 Å². The first-order chi connectivity index (χ1) is 8.04. The molecule has 94 valence electrons. The zero-order chi connectivity index (χ0) is 12.3. The second-order valence-corrected chi connectivity index (χ2v) is 5.26. The van der Waals surface area contributed by atoms with Gasteiger partial charge in [0.05, 0.1) is 0 Å². The molecule has 0 unspecified atom stereocenters. The van der Waals surface area contributed by atoms with Gasteiger partial charge in [-0.15, -0.1) is 0 Å². The fourth-order valence-corrected chi connectivity index (χ4v) is 2.58. The molecule has 1 aromatic carbocycles. The molecule has 0 spiro atoms. The van der Waals surface area contributed by atoms with Crippen LogP contribution in [0.1, 0.15) is 30.9 Å². The summed E-state index contributed by atoms with van der Waals surface area (Å²) in [6.07, 6.45) is 3.42. The van der Waals surface area contributed by atoms with E-state index in [1.165, 1.54) is 12.8 Å². The van der Waals surface area contributed by atoms with Gasteiger partial charge in [0.1, 0.15) is 0 Å². The van der Waals surface area contributed by atoms with Gasteiger partial charge in [0.15, 0.2) is 0 Å². The van der Waals surface area contributed by atoms with Crippen LogP contribution in [0.4, 0.5) is 13.2 Å². The third-order valence-electron chi connectivity index (χ3n) is 2.83. The van der Waals surface area contributed by atoms with Crippen LogP contribution < -0.4 is 5.32 Å². The number of alkyl halides is 3. The van der Waals surface area contributed by atoms with E-state index >= 15 is 0 Å². The van der Waals surface area contributed by atoms with Crippen molar-refractivity contribution < 1.29 is 13.2 Å². The van der Waals surface area contributed by atoms with Crippen LogP contribution in [0.5, 0.6) is 0 Å². The molecule has 17 heavy (non-hydrogen) atoms. The van der Waals surface area contributed by atoms with Crippen molar-refractivity contribution in [2.45, 2.75) is 35.7 Å². The number of piperidine rings is 1. The quantitative estimate of drug-likeness (QED) is 0.804. The van der Waals surface area contributed by atoms with Gasteiger partial charge in [0.25, 0.3) is 0 Å². The summed E-state index contributed by atoms with van der Waals surface area (Å²) in [5.41, 5.74) is -3.12. The minimum atomic E-state index is -4.20. The Labute approximate surface area is 103 Å². The molecule has 1 nitrogen and oxygen atoms in total. The molecule has 1 aliphatic heterocycles. The Morgan fingerprint density at radius 1 is 1.12 bits per heavy atom. The zero-order valence-corrected chi connectivity index (χ0v) is 10.1. The molecule has 0 radical (unpaired) electrons. The summed E-state index contributed by atoms with van der Waals surface area (Å²) in [6, 6.07) is 6.97. The Balaban J connectivity index is 2.02. The van der Waals surface area contributed by atoms with Crippen molar-refractivity contribution in [3.8, 4) is 0 Å². The van der Waals surface area contributed by atoms with Gasteiger partial charge in [0.2, 0.25) is 0 Å². The largest absolute Gasteiger partial charge is 0.446 e. The summed E-state index contributed by atoms with van der Waals surface area (Å²) in [4.78, 5) is 0.247. The number of nitrogens with one attached hydrogen (secondary N) is 1. The van der Waals surface area contributed by atoms with Crippen LogP contribution in [0, 0.1) is 0 Å².